The van der Waals surface area contributed by atoms with Gasteiger partial charge < -0.3 is 20.1 Å². The minimum atomic E-state index is -0.922. The van der Waals surface area contributed by atoms with Crippen molar-refractivity contribution in [2.24, 2.45) is 10.2 Å². The number of aromatic carboxylic acids is 1. The molecule has 0 spiro atoms. The number of para-hydroxylation sites is 1. The standard InChI is InChI=1S/C31H34N4O4S/c1-2-3-4-8-19-35-27-18-17-25(40-20-9-10-22-13-15-23(16-14-22)30(37)38)21-26(27)28(29(35)36)33-34-31(39)32-24-11-6-5-7-12-24/h5-7,11-18,21,36H,2-4,8-10,19-20H2,1H3,(H,32,39)(H,37,38). The van der Waals surface area contributed by atoms with Gasteiger partial charge in [0, 0.05) is 22.5 Å². The molecule has 0 fully saturated rings. The van der Waals surface area contributed by atoms with E-state index in [1.54, 1.807) is 36.0 Å². The number of benzene rings is 3. The van der Waals surface area contributed by atoms with E-state index in [1.165, 1.54) is 0 Å². The van der Waals surface area contributed by atoms with Crippen LogP contribution in [0.1, 0.15) is 54.9 Å². The van der Waals surface area contributed by atoms with Gasteiger partial charge in [0.1, 0.15) is 0 Å². The number of fused-ring (bicyclic) bond motifs is 1. The van der Waals surface area contributed by atoms with E-state index in [-0.39, 0.29) is 17.1 Å². The highest BCUT2D eigenvalue weighted by Gasteiger charge is 2.18. The molecule has 0 saturated heterocycles. The van der Waals surface area contributed by atoms with Crippen molar-refractivity contribution in [2.75, 3.05) is 11.1 Å². The van der Waals surface area contributed by atoms with Crippen LogP contribution in [0.15, 0.2) is 87.9 Å². The maximum Gasteiger partial charge on any atom is 0.364 e. The Kier molecular flexibility index (Phi) is 10.3. The SMILES string of the molecule is CCCCCCn1c(O)c(N=NC(=O)Nc2ccccc2)c2cc(SCCCc3ccc(C(=O)O)cc3)ccc21. The second kappa shape index (κ2) is 14.3. The van der Waals surface area contributed by atoms with Crippen LogP contribution in [0.25, 0.3) is 10.9 Å². The summed E-state index contributed by atoms with van der Waals surface area (Å²) in [4.78, 5) is 24.5. The third-order valence-electron chi connectivity index (χ3n) is 6.56. The second-order valence-electron chi connectivity index (χ2n) is 9.51. The first-order chi connectivity index (χ1) is 19.5. The van der Waals surface area contributed by atoms with Crippen LogP contribution in [0, 0.1) is 0 Å². The van der Waals surface area contributed by atoms with E-state index in [4.69, 9.17) is 5.11 Å². The molecular formula is C31H34N4O4S. The highest BCUT2D eigenvalue weighted by Crippen LogP contribution is 2.41. The smallest absolute Gasteiger partial charge is 0.364 e. The number of unbranched alkanes of at least 4 members (excludes halogenated alkanes) is 3. The molecule has 0 aliphatic heterocycles. The number of aryl methyl sites for hydroxylation is 2. The highest BCUT2D eigenvalue weighted by molar-refractivity contribution is 7.99. The maximum atomic E-state index is 12.4. The molecular weight excluding hydrogens is 524 g/mol. The number of thioether (sulfide) groups is 1. The molecule has 0 bridgehead atoms. The van der Waals surface area contributed by atoms with Gasteiger partial charge in [-0.15, -0.1) is 16.9 Å². The fraction of sp³-hybridized carbons (Fsp3) is 0.290. The average Bonchev–Trinajstić information content (AvgIpc) is 3.22. The number of rotatable bonds is 13. The molecule has 2 amide bonds. The van der Waals surface area contributed by atoms with Gasteiger partial charge in [0.15, 0.2) is 5.69 Å². The van der Waals surface area contributed by atoms with Gasteiger partial charge in [-0.2, -0.15) is 0 Å². The molecule has 0 atom stereocenters. The van der Waals surface area contributed by atoms with Crippen LogP contribution in [-0.2, 0) is 13.0 Å². The Morgan fingerprint density at radius 2 is 1.73 bits per heavy atom. The van der Waals surface area contributed by atoms with Gasteiger partial charge in [-0.05, 0) is 73.0 Å². The van der Waals surface area contributed by atoms with Crippen molar-refractivity contribution in [3.05, 3.63) is 83.9 Å². The Hall–Kier alpha value is -4.11. The molecule has 4 aromatic rings. The Morgan fingerprint density at radius 3 is 2.45 bits per heavy atom. The molecule has 3 aromatic carbocycles. The summed E-state index contributed by atoms with van der Waals surface area (Å²) in [5.41, 5.74) is 3.15. The molecule has 0 radical (unpaired) electrons. The monoisotopic (exact) mass is 558 g/mol. The lowest BCUT2D eigenvalue weighted by Crippen LogP contribution is -2.04. The van der Waals surface area contributed by atoms with Crippen molar-refractivity contribution >= 4 is 46.0 Å². The van der Waals surface area contributed by atoms with Gasteiger partial charge in [-0.25, -0.2) is 9.59 Å². The number of carboxylic acids is 1. The molecule has 1 aromatic heterocycles. The van der Waals surface area contributed by atoms with Gasteiger partial charge in [0.25, 0.3) is 0 Å². The average molecular weight is 559 g/mol. The number of hydrogen-bond donors (Lipinski definition) is 3. The number of hydrogen-bond acceptors (Lipinski definition) is 5. The fourth-order valence-electron chi connectivity index (χ4n) is 4.46. The normalized spacial score (nSPS) is 11.3. The third-order valence-corrected chi connectivity index (χ3v) is 7.64. The second-order valence-corrected chi connectivity index (χ2v) is 10.7. The van der Waals surface area contributed by atoms with Crippen LogP contribution in [0.2, 0.25) is 0 Å². The number of carbonyl (C=O) groups excluding carboxylic acids is 1. The first-order valence-electron chi connectivity index (χ1n) is 13.5. The topological polar surface area (TPSA) is 116 Å². The molecule has 3 N–H and O–H groups in total. The maximum absolute atomic E-state index is 12.4. The summed E-state index contributed by atoms with van der Waals surface area (Å²) >= 11 is 1.70. The predicted octanol–water partition coefficient (Wildman–Crippen LogP) is 8.67. The first-order valence-corrected chi connectivity index (χ1v) is 14.5. The number of nitrogens with zero attached hydrogens (tertiary/aromatic N) is 3. The first kappa shape index (κ1) is 28.9. The quantitative estimate of drug-likeness (QED) is 0.0862. The van der Waals surface area contributed by atoms with Gasteiger partial charge in [-0.3, -0.25) is 0 Å². The number of nitrogens with one attached hydrogen (secondary N) is 1. The third kappa shape index (κ3) is 7.72. The Labute approximate surface area is 238 Å². The van der Waals surface area contributed by atoms with Gasteiger partial charge in [0.05, 0.1) is 11.1 Å². The summed E-state index contributed by atoms with van der Waals surface area (Å²) in [5.74, 6) is -0.0459. The Morgan fingerprint density at radius 1 is 0.950 bits per heavy atom. The van der Waals surface area contributed by atoms with Gasteiger partial charge in [0.2, 0.25) is 5.88 Å². The number of carbonyl (C=O) groups is 2. The summed E-state index contributed by atoms with van der Waals surface area (Å²) in [6, 6.07) is 21.4. The van der Waals surface area contributed by atoms with Gasteiger partial charge >= 0.3 is 12.0 Å². The lowest BCUT2D eigenvalue weighted by Gasteiger charge is -2.07. The van der Waals surface area contributed by atoms with Crippen molar-refractivity contribution in [2.45, 2.75) is 56.9 Å². The van der Waals surface area contributed by atoms with E-state index < -0.39 is 12.0 Å². The predicted molar refractivity (Wildman–Crippen MR) is 160 cm³/mol. The van der Waals surface area contributed by atoms with Crippen molar-refractivity contribution in [3.63, 3.8) is 0 Å². The van der Waals surface area contributed by atoms with E-state index >= 15 is 0 Å². The lowest BCUT2D eigenvalue weighted by atomic mass is 10.1. The van der Waals surface area contributed by atoms with Crippen LogP contribution >= 0.6 is 11.8 Å². The number of carboxylic acid groups (broad SMARTS) is 1. The van der Waals surface area contributed by atoms with Crippen LogP contribution in [-0.4, -0.2) is 32.5 Å². The van der Waals surface area contributed by atoms with E-state index in [0.29, 0.717) is 12.2 Å². The van der Waals surface area contributed by atoms with Crippen molar-refractivity contribution in [1.29, 1.82) is 0 Å². The molecule has 208 valence electrons. The molecule has 9 heteroatoms. The summed E-state index contributed by atoms with van der Waals surface area (Å²) in [6.45, 7) is 2.82. The number of urea groups is 1. The molecule has 40 heavy (non-hydrogen) atoms. The minimum Gasteiger partial charge on any atom is -0.493 e. The van der Waals surface area contributed by atoms with Crippen LogP contribution in [0.5, 0.6) is 5.88 Å². The van der Waals surface area contributed by atoms with E-state index in [2.05, 4.69) is 22.5 Å². The molecule has 1 heterocycles. The fourth-order valence-corrected chi connectivity index (χ4v) is 5.35. The molecule has 0 aliphatic carbocycles. The summed E-state index contributed by atoms with van der Waals surface area (Å²) in [7, 11) is 0. The van der Waals surface area contributed by atoms with E-state index in [1.807, 2.05) is 53.1 Å². The Balaban J connectivity index is 1.48. The summed E-state index contributed by atoms with van der Waals surface area (Å²) in [5, 5.41) is 31.6. The summed E-state index contributed by atoms with van der Waals surface area (Å²) in [6.07, 6.45) is 6.03. The van der Waals surface area contributed by atoms with E-state index in [0.717, 1.165) is 65.6 Å². The minimum absolute atomic E-state index is 0.00900. The van der Waals surface area contributed by atoms with Crippen molar-refractivity contribution in [3.8, 4) is 5.88 Å². The lowest BCUT2D eigenvalue weighted by molar-refractivity contribution is 0.0697. The number of anilines is 1. The molecule has 0 saturated carbocycles. The molecule has 0 unspecified atom stereocenters. The van der Waals surface area contributed by atoms with Crippen molar-refractivity contribution < 1.29 is 19.8 Å². The zero-order chi connectivity index (χ0) is 28.3. The van der Waals surface area contributed by atoms with Crippen LogP contribution in [0.3, 0.4) is 0 Å². The molecule has 4 rings (SSSR count). The van der Waals surface area contributed by atoms with Crippen molar-refractivity contribution in [1.82, 2.24) is 4.57 Å². The number of amides is 2. The summed E-state index contributed by atoms with van der Waals surface area (Å²) < 4.78 is 1.85. The van der Waals surface area contributed by atoms with Crippen LogP contribution < -0.4 is 5.32 Å². The number of aromatic nitrogens is 1. The van der Waals surface area contributed by atoms with E-state index in [9.17, 15) is 14.7 Å². The zero-order valence-electron chi connectivity index (χ0n) is 22.5. The number of azo groups is 1. The largest absolute Gasteiger partial charge is 0.493 e. The Bertz CT molecular complexity index is 1470. The zero-order valence-corrected chi connectivity index (χ0v) is 23.4. The molecule has 0 aliphatic rings. The van der Waals surface area contributed by atoms with Gasteiger partial charge in [-0.1, -0.05) is 61.6 Å². The number of aromatic hydroxyl groups is 1. The van der Waals surface area contributed by atoms with Crippen LogP contribution in [0.4, 0.5) is 16.2 Å². The molecule has 8 nitrogen and oxygen atoms in total. The highest BCUT2D eigenvalue weighted by atomic mass is 32.2.